The zero-order chi connectivity index (χ0) is 19.2. The van der Waals surface area contributed by atoms with Crippen LogP contribution in [0.2, 0.25) is 0 Å². The monoisotopic (exact) mass is 382 g/mol. The van der Waals surface area contributed by atoms with Crippen molar-refractivity contribution in [2.75, 3.05) is 18.0 Å². The predicted molar refractivity (Wildman–Crippen MR) is 115 cm³/mol. The minimum Gasteiger partial charge on any atom is -0.371 e. The van der Waals surface area contributed by atoms with Crippen LogP contribution in [-0.4, -0.2) is 24.2 Å². The lowest BCUT2D eigenvalue weighted by Gasteiger charge is -2.33. The van der Waals surface area contributed by atoms with Gasteiger partial charge in [0.1, 0.15) is 0 Å². The Bertz CT molecular complexity index is 732. The Morgan fingerprint density at radius 3 is 2.48 bits per heavy atom. The molecule has 1 fully saturated rings. The lowest BCUT2D eigenvalue weighted by atomic mass is 9.99. The van der Waals surface area contributed by atoms with Gasteiger partial charge in [-0.3, -0.25) is 4.79 Å². The lowest BCUT2D eigenvalue weighted by molar-refractivity contribution is -0.120. The summed E-state index contributed by atoms with van der Waals surface area (Å²) in [7, 11) is 0. The lowest BCUT2D eigenvalue weighted by Crippen LogP contribution is -2.34. The molecule has 27 heavy (non-hydrogen) atoms. The van der Waals surface area contributed by atoms with Gasteiger partial charge in [0.15, 0.2) is 0 Å². The predicted octanol–water partition coefficient (Wildman–Crippen LogP) is 5.28. The molecule has 0 aliphatic carbocycles. The normalized spacial score (nSPS) is 19.4. The van der Waals surface area contributed by atoms with Crippen molar-refractivity contribution in [2.45, 2.75) is 49.8 Å². The van der Waals surface area contributed by atoms with Gasteiger partial charge in [-0.25, -0.2) is 0 Å². The first kappa shape index (κ1) is 19.8. The molecule has 0 saturated carbocycles. The van der Waals surface area contributed by atoms with Crippen molar-refractivity contribution in [2.24, 2.45) is 5.92 Å². The van der Waals surface area contributed by atoms with E-state index in [2.05, 4.69) is 48.3 Å². The van der Waals surface area contributed by atoms with E-state index in [1.54, 1.807) is 11.8 Å². The molecule has 0 spiro atoms. The average Bonchev–Trinajstić information content (AvgIpc) is 2.69. The highest BCUT2D eigenvalue weighted by Gasteiger charge is 2.19. The zero-order valence-corrected chi connectivity index (χ0v) is 17.3. The van der Waals surface area contributed by atoms with Crippen molar-refractivity contribution < 1.29 is 4.79 Å². The van der Waals surface area contributed by atoms with E-state index in [9.17, 15) is 4.79 Å². The molecule has 1 heterocycles. The number of nitrogens with zero attached hydrogens (tertiary/aromatic N) is 1. The van der Waals surface area contributed by atoms with E-state index in [0.29, 0.717) is 0 Å². The number of nitrogens with one attached hydrogen (secondary N) is 1. The first-order chi connectivity index (χ1) is 13.0. The summed E-state index contributed by atoms with van der Waals surface area (Å²) in [6, 6.07) is 18.8. The highest BCUT2D eigenvalue weighted by Crippen LogP contribution is 2.26. The molecule has 2 aromatic carbocycles. The van der Waals surface area contributed by atoms with Crippen molar-refractivity contribution in [1.29, 1.82) is 0 Å². The standard InChI is InChI=1S/C23H30N2OS/c1-17-8-7-15-25(16-17)21-13-11-20(12-14-21)18(2)24-23(26)19(3)27-22-9-5-4-6-10-22/h4-6,9-14,17-19H,7-8,15-16H2,1-3H3,(H,24,26)/t17-,18-,19+/m1/s1. The van der Waals surface area contributed by atoms with E-state index >= 15 is 0 Å². The van der Waals surface area contributed by atoms with Gasteiger partial charge < -0.3 is 10.2 Å². The number of carbonyl (C=O) groups excluding carboxylic acids is 1. The SMILES string of the molecule is C[C@@H]1CCCN(c2ccc([C@@H](C)NC(=O)[C@H](C)Sc3ccccc3)cc2)C1. The molecule has 0 unspecified atom stereocenters. The second-order valence-corrected chi connectivity index (χ2v) is 9.00. The first-order valence-electron chi connectivity index (χ1n) is 9.90. The molecule has 1 amide bonds. The molecule has 2 aromatic rings. The topological polar surface area (TPSA) is 32.3 Å². The number of piperidine rings is 1. The van der Waals surface area contributed by atoms with Gasteiger partial charge in [-0.05, 0) is 62.4 Å². The molecule has 1 aliphatic heterocycles. The molecule has 4 heteroatoms. The highest BCUT2D eigenvalue weighted by molar-refractivity contribution is 8.00. The number of hydrogen-bond donors (Lipinski definition) is 1. The number of carbonyl (C=O) groups is 1. The van der Waals surface area contributed by atoms with Gasteiger partial charge in [-0.15, -0.1) is 11.8 Å². The molecule has 144 valence electrons. The number of rotatable bonds is 6. The Labute approximate surface area is 167 Å². The van der Waals surface area contributed by atoms with Gasteiger partial charge in [0.05, 0.1) is 11.3 Å². The van der Waals surface area contributed by atoms with Gasteiger partial charge in [0.2, 0.25) is 5.91 Å². The molecule has 3 atom stereocenters. The number of thioether (sulfide) groups is 1. The van der Waals surface area contributed by atoms with Crippen LogP contribution in [0.4, 0.5) is 5.69 Å². The quantitative estimate of drug-likeness (QED) is 0.690. The summed E-state index contributed by atoms with van der Waals surface area (Å²) in [6.07, 6.45) is 2.60. The summed E-state index contributed by atoms with van der Waals surface area (Å²) in [5.41, 5.74) is 2.44. The van der Waals surface area contributed by atoms with Crippen LogP contribution >= 0.6 is 11.8 Å². The van der Waals surface area contributed by atoms with Gasteiger partial charge in [-0.2, -0.15) is 0 Å². The van der Waals surface area contributed by atoms with E-state index in [4.69, 9.17) is 0 Å². The number of amides is 1. The molecule has 1 aliphatic rings. The Morgan fingerprint density at radius 1 is 1.11 bits per heavy atom. The second-order valence-electron chi connectivity index (χ2n) is 7.59. The summed E-state index contributed by atoms with van der Waals surface area (Å²) < 4.78 is 0. The van der Waals surface area contributed by atoms with Gasteiger partial charge in [-0.1, -0.05) is 37.3 Å². The minimum absolute atomic E-state index is 0.00523. The van der Waals surface area contributed by atoms with E-state index < -0.39 is 0 Å². The van der Waals surface area contributed by atoms with Crippen molar-refractivity contribution in [3.05, 3.63) is 60.2 Å². The Balaban J connectivity index is 1.55. The van der Waals surface area contributed by atoms with Crippen LogP contribution in [0.25, 0.3) is 0 Å². The fraction of sp³-hybridized carbons (Fsp3) is 0.435. The van der Waals surface area contributed by atoms with E-state index in [1.807, 2.05) is 37.3 Å². The van der Waals surface area contributed by atoms with Crippen LogP contribution in [0.5, 0.6) is 0 Å². The van der Waals surface area contributed by atoms with Crippen molar-refractivity contribution in [3.8, 4) is 0 Å². The molecule has 0 aromatic heterocycles. The fourth-order valence-electron chi connectivity index (χ4n) is 3.57. The van der Waals surface area contributed by atoms with Crippen LogP contribution < -0.4 is 10.2 Å². The molecular weight excluding hydrogens is 352 g/mol. The summed E-state index contributed by atoms with van der Waals surface area (Å²) >= 11 is 1.59. The molecule has 0 radical (unpaired) electrons. The molecule has 0 bridgehead atoms. The minimum atomic E-state index is -0.121. The maximum absolute atomic E-state index is 12.5. The van der Waals surface area contributed by atoms with Crippen molar-refractivity contribution in [1.82, 2.24) is 5.32 Å². The summed E-state index contributed by atoms with van der Waals surface area (Å²) in [5, 5.41) is 3.03. The first-order valence-corrected chi connectivity index (χ1v) is 10.8. The van der Waals surface area contributed by atoms with Crippen LogP contribution in [-0.2, 0) is 4.79 Å². The van der Waals surface area contributed by atoms with Crippen LogP contribution in [0.3, 0.4) is 0 Å². The van der Waals surface area contributed by atoms with Crippen LogP contribution in [0.1, 0.15) is 45.2 Å². The van der Waals surface area contributed by atoms with Crippen LogP contribution in [0, 0.1) is 5.92 Å². The largest absolute Gasteiger partial charge is 0.371 e. The van der Waals surface area contributed by atoms with Crippen molar-refractivity contribution >= 4 is 23.4 Å². The third-order valence-corrected chi connectivity index (χ3v) is 6.31. The summed E-state index contributed by atoms with van der Waals surface area (Å²) in [5.74, 6) is 0.838. The van der Waals surface area contributed by atoms with Crippen LogP contribution in [0.15, 0.2) is 59.5 Å². The maximum atomic E-state index is 12.5. The number of hydrogen-bond acceptors (Lipinski definition) is 3. The highest BCUT2D eigenvalue weighted by atomic mass is 32.2. The Kier molecular flexibility index (Phi) is 6.84. The van der Waals surface area contributed by atoms with Gasteiger partial charge in [0, 0.05) is 23.7 Å². The third kappa shape index (κ3) is 5.52. The molecule has 1 N–H and O–H groups in total. The Morgan fingerprint density at radius 2 is 1.81 bits per heavy atom. The van der Waals surface area contributed by atoms with Gasteiger partial charge >= 0.3 is 0 Å². The zero-order valence-electron chi connectivity index (χ0n) is 16.5. The molecule has 1 saturated heterocycles. The summed E-state index contributed by atoms with van der Waals surface area (Å²) in [4.78, 5) is 16.1. The van der Waals surface area contributed by atoms with E-state index in [-0.39, 0.29) is 17.2 Å². The Hall–Kier alpha value is -1.94. The van der Waals surface area contributed by atoms with Gasteiger partial charge in [0.25, 0.3) is 0 Å². The van der Waals surface area contributed by atoms with E-state index in [1.165, 1.54) is 18.5 Å². The molecule has 3 rings (SSSR count). The number of anilines is 1. The van der Waals surface area contributed by atoms with E-state index in [0.717, 1.165) is 29.5 Å². The molecule has 3 nitrogen and oxygen atoms in total. The maximum Gasteiger partial charge on any atom is 0.233 e. The fourth-order valence-corrected chi connectivity index (χ4v) is 4.47. The smallest absolute Gasteiger partial charge is 0.233 e. The number of benzene rings is 2. The third-order valence-electron chi connectivity index (χ3n) is 5.20. The van der Waals surface area contributed by atoms with Crippen molar-refractivity contribution in [3.63, 3.8) is 0 Å². The second kappa shape index (κ2) is 9.32. The average molecular weight is 383 g/mol. The molecular formula is C23H30N2OS. The summed E-state index contributed by atoms with van der Waals surface area (Å²) in [6.45, 7) is 8.62.